The molecule has 5 fully saturated rings. The van der Waals surface area contributed by atoms with Crippen LogP contribution in [0.1, 0.15) is 106 Å². The van der Waals surface area contributed by atoms with Gasteiger partial charge in [-0.05, 0) is 110 Å². The normalized spacial score (nSPS) is 49.5. The Balaban J connectivity index is 1.33. The first kappa shape index (κ1) is 32.8. The van der Waals surface area contributed by atoms with Gasteiger partial charge in [-0.25, -0.2) is 4.79 Å². The monoisotopic (exact) mass is 628 g/mol. The number of carbonyl (C=O) groups is 4. The van der Waals surface area contributed by atoms with Crippen LogP contribution in [0.3, 0.4) is 0 Å². The molecule has 0 aromatic carbocycles. The number of carbonyl (C=O) groups excluding carboxylic acids is 4. The Kier molecular flexibility index (Phi) is 7.44. The second-order valence-corrected chi connectivity index (χ2v) is 17.4. The minimum absolute atomic E-state index is 0.0459. The highest BCUT2D eigenvalue weighted by Crippen LogP contribution is 2.75. The van der Waals surface area contributed by atoms with Crippen molar-refractivity contribution in [2.45, 2.75) is 131 Å². The fourth-order valence-electron chi connectivity index (χ4n) is 11.6. The molecule has 5 aliphatic carbocycles. The summed E-state index contributed by atoms with van der Waals surface area (Å²) in [6.07, 6.45) is 4.01. The second-order valence-electron chi connectivity index (χ2n) is 17.4. The minimum Gasteiger partial charge on any atom is -0.449 e. The van der Waals surface area contributed by atoms with Gasteiger partial charge in [-0.3, -0.25) is 14.4 Å². The molecule has 3 N–H and O–H groups in total. The second kappa shape index (κ2) is 10.2. The molecule has 3 unspecified atom stereocenters. The quantitative estimate of drug-likeness (QED) is 0.309. The number of ketones is 2. The van der Waals surface area contributed by atoms with Crippen LogP contribution in [0.25, 0.3) is 0 Å². The van der Waals surface area contributed by atoms with Gasteiger partial charge in [-0.2, -0.15) is 0 Å². The summed E-state index contributed by atoms with van der Waals surface area (Å²) in [5, 5.41) is 30.5. The largest absolute Gasteiger partial charge is 0.449 e. The predicted octanol–water partition coefficient (Wildman–Crippen LogP) is 4.09. The molecule has 250 valence electrons. The molecule has 4 saturated carbocycles. The van der Waals surface area contributed by atoms with Gasteiger partial charge in [0, 0.05) is 5.92 Å². The van der Waals surface area contributed by atoms with Crippen molar-refractivity contribution in [3.05, 3.63) is 11.6 Å². The molecule has 0 aromatic heterocycles. The van der Waals surface area contributed by atoms with Gasteiger partial charge >= 0.3 is 11.9 Å². The number of rotatable bonds is 4. The third-order valence-electron chi connectivity index (χ3n) is 14.8. The highest BCUT2D eigenvalue weighted by molar-refractivity contribution is 6.37. The Labute approximate surface area is 266 Å². The standard InChI is InChI=1S/C36H52O9/c1-31(2)23-8-11-36(7)28(34(23,5)10-9-24(31)40)21(38)16-19-20-17-33(4,13-12-32(20,3)14-15-35(19,36)6)30(43)45-27-25(41)29(42)44-26(27)22(39)18-37/h16,20,22-24,26-28,37,39-40H,8-15,17-18H2,1-7H3/t20-,22-,23?,24-,26+,27?,28?,32+,33-,34-,35+,36+/m0/s1. The number of allylic oxidation sites excluding steroid dienone is 2. The molecule has 1 saturated heterocycles. The van der Waals surface area contributed by atoms with Gasteiger partial charge in [-0.1, -0.05) is 47.1 Å². The fraction of sp³-hybridized carbons (Fsp3) is 0.833. The van der Waals surface area contributed by atoms with Gasteiger partial charge in [0.1, 0.15) is 6.10 Å². The Morgan fingerprint density at radius 3 is 2.31 bits per heavy atom. The molecule has 45 heavy (non-hydrogen) atoms. The smallest absolute Gasteiger partial charge is 0.379 e. The average Bonchev–Trinajstić information content (AvgIpc) is 3.25. The first-order valence-corrected chi connectivity index (χ1v) is 17.0. The first-order valence-electron chi connectivity index (χ1n) is 17.0. The lowest BCUT2D eigenvalue weighted by Crippen LogP contribution is -2.66. The van der Waals surface area contributed by atoms with E-state index in [4.69, 9.17) is 9.47 Å². The lowest BCUT2D eigenvalue weighted by atomic mass is 9.33. The number of cyclic esters (lactones) is 1. The molecule has 1 aliphatic heterocycles. The van der Waals surface area contributed by atoms with E-state index in [1.807, 2.05) is 13.0 Å². The molecule has 0 spiro atoms. The highest BCUT2D eigenvalue weighted by atomic mass is 16.6. The van der Waals surface area contributed by atoms with E-state index >= 15 is 0 Å². The first-order chi connectivity index (χ1) is 20.8. The third-order valence-corrected chi connectivity index (χ3v) is 14.8. The number of ether oxygens (including phenoxy) is 2. The van der Waals surface area contributed by atoms with Crippen LogP contribution in [0.2, 0.25) is 0 Å². The summed E-state index contributed by atoms with van der Waals surface area (Å²) in [5.41, 5.74) is -0.952. The van der Waals surface area contributed by atoms with Crippen molar-refractivity contribution in [3.8, 4) is 0 Å². The van der Waals surface area contributed by atoms with E-state index in [1.165, 1.54) is 0 Å². The van der Waals surface area contributed by atoms with Crippen LogP contribution in [0, 0.1) is 50.2 Å². The summed E-state index contributed by atoms with van der Waals surface area (Å²) in [5.74, 6) is -2.63. The van der Waals surface area contributed by atoms with Crippen molar-refractivity contribution in [3.63, 3.8) is 0 Å². The Morgan fingerprint density at radius 1 is 0.978 bits per heavy atom. The molecule has 9 heteroatoms. The molecule has 6 rings (SSSR count). The van der Waals surface area contributed by atoms with E-state index in [1.54, 1.807) is 0 Å². The number of fused-ring (bicyclic) bond motifs is 7. The van der Waals surface area contributed by atoms with Crippen LogP contribution in [0.15, 0.2) is 11.6 Å². The van der Waals surface area contributed by atoms with Gasteiger partial charge in [0.2, 0.25) is 6.10 Å². The van der Waals surface area contributed by atoms with Crippen molar-refractivity contribution in [1.29, 1.82) is 0 Å². The van der Waals surface area contributed by atoms with Crippen LogP contribution in [-0.2, 0) is 28.7 Å². The molecule has 0 amide bonds. The zero-order valence-corrected chi connectivity index (χ0v) is 28.0. The number of hydrogen-bond donors (Lipinski definition) is 3. The van der Waals surface area contributed by atoms with Gasteiger partial charge in [0.15, 0.2) is 11.9 Å². The number of Topliss-reactive ketones (excluding diaryl/α,β-unsaturated/α-hetero) is 1. The summed E-state index contributed by atoms with van der Waals surface area (Å²) < 4.78 is 10.6. The molecule has 0 bridgehead atoms. The van der Waals surface area contributed by atoms with Crippen LogP contribution in [-0.4, -0.2) is 69.8 Å². The summed E-state index contributed by atoms with van der Waals surface area (Å²) in [6, 6.07) is 0. The minimum atomic E-state index is -1.61. The van der Waals surface area contributed by atoms with E-state index in [0.29, 0.717) is 19.3 Å². The Bertz CT molecular complexity index is 1350. The van der Waals surface area contributed by atoms with E-state index in [2.05, 4.69) is 41.5 Å². The Morgan fingerprint density at radius 2 is 1.64 bits per heavy atom. The molecule has 1 heterocycles. The number of aliphatic hydroxyl groups is 3. The van der Waals surface area contributed by atoms with Gasteiger partial charge in [0.05, 0.1) is 18.1 Å². The highest BCUT2D eigenvalue weighted by Gasteiger charge is 2.70. The van der Waals surface area contributed by atoms with E-state index < -0.39 is 48.1 Å². The van der Waals surface area contributed by atoms with Crippen molar-refractivity contribution in [2.75, 3.05) is 6.61 Å². The van der Waals surface area contributed by atoms with Gasteiger partial charge < -0.3 is 24.8 Å². The average molecular weight is 629 g/mol. The zero-order chi connectivity index (χ0) is 33.1. The summed E-state index contributed by atoms with van der Waals surface area (Å²) in [6.45, 7) is 14.7. The summed E-state index contributed by atoms with van der Waals surface area (Å²) in [4.78, 5) is 52.9. The molecule has 12 atom stereocenters. The van der Waals surface area contributed by atoms with Gasteiger partial charge in [-0.15, -0.1) is 0 Å². The maximum atomic E-state index is 14.5. The van der Waals surface area contributed by atoms with Crippen LogP contribution < -0.4 is 0 Å². The number of hydrogen-bond acceptors (Lipinski definition) is 9. The maximum Gasteiger partial charge on any atom is 0.379 e. The molecule has 6 aliphatic rings. The topological polar surface area (TPSA) is 147 Å². The number of esters is 2. The van der Waals surface area contributed by atoms with E-state index in [9.17, 15) is 34.5 Å². The summed E-state index contributed by atoms with van der Waals surface area (Å²) in [7, 11) is 0. The van der Waals surface area contributed by atoms with Gasteiger partial charge in [0.25, 0.3) is 5.78 Å². The van der Waals surface area contributed by atoms with Crippen molar-refractivity contribution >= 4 is 23.5 Å². The summed E-state index contributed by atoms with van der Waals surface area (Å²) >= 11 is 0. The van der Waals surface area contributed by atoms with Crippen molar-refractivity contribution in [1.82, 2.24) is 0 Å². The van der Waals surface area contributed by atoms with E-state index in [0.717, 1.165) is 44.1 Å². The Hall–Kier alpha value is -2.10. The molecule has 9 nitrogen and oxygen atoms in total. The molecule has 0 aromatic rings. The zero-order valence-electron chi connectivity index (χ0n) is 28.0. The van der Waals surface area contributed by atoms with Crippen LogP contribution >= 0.6 is 0 Å². The molecular weight excluding hydrogens is 576 g/mol. The molecular formula is C36H52O9. The van der Waals surface area contributed by atoms with Crippen molar-refractivity contribution in [2.24, 2.45) is 50.2 Å². The van der Waals surface area contributed by atoms with E-state index in [-0.39, 0.29) is 56.7 Å². The maximum absolute atomic E-state index is 14.5. The fourth-order valence-corrected chi connectivity index (χ4v) is 11.6. The van der Waals surface area contributed by atoms with Crippen LogP contribution in [0.4, 0.5) is 0 Å². The lowest BCUT2D eigenvalue weighted by Gasteiger charge is -2.70. The lowest BCUT2D eigenvalue weighted by molar-refractivity contribution is -0.203. The number of aliphatic hydroxyl groups excluding tert-OH is 3. The SMILES string of the molecule is CC1(C)C2CC[C@]3(C)C(C(=O)C=C4[C@@H]5C[C@@](C)(C(=O)OC6C(=O)C(=O)O[C@@H]6[C@@H](O)CO)CC[C@]5(C)CC[C@]43C)[C@@]2(C)CC[C@@H]1O. The third kappa shape index (κ3) is 4.35. The van der Waals surface area contributed by atoms with Crippen LogP contribution in [0.5, 0.6) is 0 Å². The van der Waals surface area contributed by atoms with Crippen molar-refractivity contribution < 1.29 is 44.0 Å². The predicted molar refractivity (Wildman–Crippen MR) is 163 cm³/mol. The molecule has 0 radical (unpaired) electrons.